The first kappa shape index (κ1) is 30.9. The van der Waals surface area contributed by atoms with Gasteiger partial charge in [0.05, 0.1) is 22.6 Å². The molecule has 244 valence electrons. The van der Waals surface area contributed by atoms with E-state index >= 15 is 0 Å². The van der Waals surface area contributed by atoms with Crippen LogP contribution >= 0.6 is 0 Å². The number of fused-ring (bicyclic) bond motifs is 7. The molecule has 10 heteroatoms. The highest BCUT2D eigenvalue weighted by molar-refractivity contribution is 6.03. The molecule has 1 heterocycles. The van der Waals surface area contributed by atoms with Crippen molar-refractivity contribution in [3.63, 3.8) is 0 Å². The Morgan fingerprint density at radius 1 is 1.00 bits per heavy atom. The number of phenols is 1. The lowest BCUT2D eigenvalue weighted by atomic mass is 9.55. The fraction of sp³-hybridized carbons (Fsp3) is 0.405. The summed E-state index contributed by atoms with van der Waals surface area (Å²) in [5, 5.41) is 31.8. The van der Waals surface area contributed by atoms with Crippen molar-refractivity contribution in [3.05, 3.63) is 87.6 Å². The third kappa shape index (κ3) is 5.75. The van der Waals surface area contributed by atoms with Gasteiger partial charge in [0.2, 0.25) is 5.43 Å². The van der Waals surface area contributed by atoms with Crippen molar-refractivity contribution >= 4 is 39.5 Å². The molecule has 2 fully saturated rings. The maximum atomic E-state index is 12.9. The molecule has 0 aliphatic heterocycles. The van der Waals surface area contributed by atoms with Crippen LogP contribution in [0.3, 0.4) is 0 Å². The fourth-order valence-corrected chi connectivity index (χ4v) is 8.25. The number of carbonyl (C=O) groups excluding carboxylic acids is 2. The van der Waals surface area contributed by atoms with Crippen LogP contribution in [0, 0.1) is 17.3 Å². The molecule has 5 unspecified atom stereocenters. The third-order valence-corrected chi connectivity index (χ3v) is 10.7. The van der Waals surface area contributed by atoms with E-state index in [1.165, 1.54) is 0 Å². The molecule has 7 rings (SSSR count). The van der Waals surface area contributed by atoms with E-state index in [4.69, 9.17) is 9.25 Å². The summed E-state index contributed by atoms with van der Waals surface area (Å²) in [6, 6.07) is 17.2. The van der Waals surface area contributed by atoms with Crippen LogP contribution in [0.25, 0.3) is 21.9 Å². The highest BCUT2D eigenvalue weighted by Crippen LogP contribution is 2.61. The van der Waals surface area contributed by atoms with E-state index in [9.17, 15) is 24.6 Å². The first-order valence-corrected chi connectivity index (χ1v) is 16.4. The van der Waals surface area contributed by atoms with Gasteiger partial charge in [0, 0.05) is 24.2 Å². The standard InChI is InChI=1S/C37H39N3O7/c1-37-14-13-24-23-9-8-22(41)18-27(23)30(19-26(24)29(37)10-12-33(37)42)40-46-20-34(43)38-15-4-16-39-36(45)21-7-11-32-28(17-21)35(44)25-5-2-3-6-31(25)47-32/h2-3,5-9,11,17-18,24,26,29,33,41-42H,4,10,12-16,19-20H2,1H3,(H,38,43)(H,39,45). The van der Waals surface area contributed by atoms with E-state index < -0.39 is 0 Å². The minimum atomic E-state index is -0.330. The number of nitrogens with zero attached hydrogens (tertiary/aromatic N) is 1. The molecule has 0 radical (unpaired) electrons. The Morgan fingerprint density at radius 2 is 1.81 bits per heavy atom. The number of carbonyl (C=O) groups is 2. The van der Waals surface area contributed by atoms with E-state index in [2.05, 4.69) is 22.7 Å². The number of para-hydroxylation sites is 1. The van der Waals surface area contributed by atoms with Crippen LogP contribution in [0.5, 0.6) is 5.75 Å². The molecule has 3 aliphatic rings. The molecule has 2 amide bonds. The van der Waals surface area contributed by atoms with Gasteiger partial charge in [-0.25, -0.2) is 0 Å². The zero-order valence-corrected chi connectivity index (χ0v) is 26.3. The summed E-state index contributed by atoms with van der Waals surface area (Å²) >= 11 is 0. The molecule has 2 saturated carbocycles. The summed E-state index contributed by atoms with van der Waals surface area (Å²) < 4.78 is 5.81. The van der Waals surface area contributed by atoms with Crippen molar-refractivity contribution < 1.29 is 29.1 Å². The number of amides is 2. The number of phenolic OH excluding ortho intramolecular Hbond substituents is 1. The highest BCUT2D eigenvalue weighted by Gasteiger charge is 2.55. The van der Waals surface area contributed by atoms with E-state index in [0.29, 0.717) is 71.2 Å². The van der Waals surface area contributed by atoms with Crippen molar-refractivity contribution in [2.45, 2.75) is 57.5 Å². The monoisotopic (exact) mass is 637 g/mol. The summed E-state index contributed by atoms with van der Waals surface area (Å²) in [4.78, 5) is 43.7. The second-order valence-corrected chi connectivity index (χ2v) is 13.4. The Morgan fingerprint density at radius 3 is 2.68 bits per heavy atom. The van der Waals surface area contributed by atoms with E-state index in [1.807, 2.05) is 6.07 Å². The molecule has 4 aromatic rings. The lowest BCUT2D eigenvalue weighted by Crippen LogP contribution is -2.45. The van der Waals surface area contributed by atoms with Crippen molar-refractivity contribution in [2.24, 2.45) is 22.4 Å². The zero-order valence-electron chi connectivity index (χ0n) is 26.3. The number of nitrogens with one attached hydrogen (secondary N) is 2. The van der Waals surface area contributed by atoms with Gasteiger partial charge >= 0.3 is 0 Å². The number of hydrogen-bond acceptors (Lipinski definition) is 8. The smallest absolute Gasteiger partial charge is 0.260 e. The number of oxime groups is 1. The van der Waals surface area contributed by atoms with Crippen molar-refractivity contribution in [1.29, 1.82) is 0 Å². The molecular weight excluding hydrogens is 598 g/mol. The zero-order chi connectivity index (χ0) is 32.7. The minimum absolute atomic E-state index is 0.0949. The van der Waals surface area contributed by atoms with Crippen LogP contribution in [0.2, 0.25) is 0 Å². The van der Waals surface area contributed by atoms with Gasteiger partial charge in [0.25, 0.3) is 11.8 Å². The SMILES string of the molecule is CC12CCC3c4ccc(O)cc4C(=NOCC(=O)NCCCNC(=O)c4ccc5oc6ccccc6c(=O)c5c4)CC3C1CCC2O. The number of aliphatic hydroxyl groups is 1. The molecule has 0 saturated heterocycles. The van der Waals surface area contributed by atoms with E-state index in [0.717, 1.165) is 42.5 Å². The molecule has 0 bridgehead atoms. The summed E-state index contributed by atoms with van der Waals surface area (Å²) in [5.41, 5.74) is 3.72. The van der Waals surface area contributed by atoms with Gasteiger partial charge in [-0.05, 0) is 110 Å². The maximum absolute atomic E-state index is 12.9. The lowest BCUT2D eigenvalue weighted by Gasteiger charge is -2.50. The molecule has 0 spiro atoms. The Kier molecular flexibility index (Phi) is 8.21. The number of aliphatic hydroxyl groups excluding tert-OH is 1. The largest absolute Gasteiger partial charge is 0.508 e. The molecule has 1 aromatic heterocycles. The van der Waals surface area contributed by atoms with Gasteiger partial charge in [-0.15, -0.1) is 0 Å². The Hall–Kier alpha value is -4.70. The predicted molar refractivity (Wildman–Crippen MR) is 177 cm³/mol. The number of benzene rings is 3. The summed E-state index contributed by atoms with van der Waals surface area (Å²) in [7, 11) is 0. The fourth-order valence-electron chi connectivity index (χ4n) is 8.25. The third-order valence-electron chi connectivity index (χ3n) is 10.7. The number of hydrogen-bond donors (Lipinski definition) is 4. The molecule has 5 atom stereocenters. The maximum Gasteiger partial charge on any atom is 0.260 e. The molecule has 10 nitrogen and oxygen atoms in total. The normalized spacial score (nSPS) is 25.6. The van der Waals surface area contributed by atoms with Gasteiger partial charge in [0.1, 0.15) is 16.9 Å². The van der Waals surface area contributed by atoms with E-state index in [-0.39, 0.29) is 41.1 Å². The predicted octanol–water partition coefficient (Wildman–Crippen LogP) is 4.98. The van der Waals surface area contributed by atoms with Gasteiger partial charge in [-0.2, -0.15) is 0 Å². The van der Waals surface area contributed by atoms with Gasteiger partial charge in [-0.3, -0.25) is 14.4 Å². The summed E-state index contributed by atoms with van der Waals surface area (Å²) in [5.74, 6) is 0.559. The summed E-state index contributed by atoms with van der Waals surface area (Å²) in [6.07, 6.45) is 4.65. The second kappa shape index (κ2) is 12.5. The van der Waals surface area contributed by atoms with Gasteiger partial charge in [0.15, 0.2) is 6.61 Å². The lowest BCUT2D eigenvalue weighted by molar-refractivity contribution is -0.125. The van der Waals surface area contributed by atoms with Gasteiger partial charge in [-0.1, -0.05) is 30.3 Å². The van der Waals surface area contributed by atoms with Crippen LogP contribution in [0.4, 0.5) is 0 Å². The van der Waals surface area contributed by atoms with Crippen LogP contribution in [-0.4, -0.2) is 53.5 Å². The van der Waals surface area contributed by atoms with Crippen LogP contribution in [0.1, 0.15) is 72.9 Å². The van der Waals surface area contributed by atoms with Crippen LogP contribution in [0.15, 0.2) is 75.0 Å². The molecule has 3 aromatic carbocycles. The number of aromatic hydroxyl groups is 1. The quantitative estimate of drug-likeness (QED) is 0.121. The second-order valence-electron chi connectivity index (χ2n) is 13.4. The average molecular weight is 638 g/mol. The molecule has 3 aliphatic carbocycles. The molecule has 4 N–H and O–H groups in total. The molecule has 47 heavy (non-hydrogen) atoms. The first-order valence-electron chi connectivity index (χ1n) is 16.4. The molecular formula is C37H39N3O7. The Bertz CT molecular complexity index is 1950. The number of rotatable bonds is 8. The topological polar surface area (TPSA) is 150 Å². The summed E-state index contributed by atoms with van der Waals surface area (Å²) in [6.45, 7) is 2.61. The highest BCUT2D eigenvalue weighted by atomic mass is 16.6. The Labute approximate surface area is 271 Å². The van der Waals surface area contributed by atoms with Crippen molar-refractivity contribution in [3.8, 4) is 5.75 Å². The average Bonchev–Trinajstić information content (AvgIpc) is 3.38. The van der Waals surface area contributed by atoms with Crippen LogP contribution < -0.4 is 16.1 Å². The minimum Gasteiger partial charge on any atom is -0.508 e. The van der Waals surface area contributed by atoms with E-state index in [1.54, 1.807) is 54.6 Å². The van der Waals surface area contributed by atoms with Crippen LogP contribution in [-0.2, 0) is 9.63 Å². The first-order chi connectivity index (χ1) is 22.7. The van der Waals surface area contributed by atoms with Gasteiger partial charge < -0.3 is 30.1 Å². The Balaban J connectivity index is 0.912. The van der Waals surface area contributed by atoms with Crippen molar-refractivity contribution in [1.82, 2.24) is 10.6 Å². The van der Waals surface area contributed by atoms with Crippen molar-refractivity contribution in [2.75, 3.05) is 19.7 Å².